The lowest BCUT2D eigenvalue weighted by atomic mass is 10.4. The molecule has 0 radical (unpaired) electrons. The second kappa shape index (κ2) is 2.82. The maximum Gasteiger partial charge on any atom is 0.209 e. The molecule has 1 saturated heterocycles. The molecule has 0 N–H and O–H groups in total. The summed E-state index contributed by atoms with van der Waals surface area (Å²) in [6.07, 6.45) is 1.19. The Hall–Kier alpha value is -0.570. The van der Waals surface area contributed by atoms with Gasteiger partial charge in [-0.05, 0) is 6.92 Å². The predicted molar refractivity (Wildman–Crippen MR) is 33.1 cm³/mol. The van der Waals surface area contributed by atoms with Crippen LogP contribution in [0.15, 0.2) is 0 Å². The second-order valence-electron chi connectivity index (χ2n) is 2.15. The molecular weight excluding hydrogens is 118 g/mol. The van der Waals surface area contributed by atoms with Gasteiger partial charge in [0.25, 0.3) is 0 Å². The molecular formula is C6H11NO2. The summed E-state index contributed by atoms with van der Waals surface area (Å²) in [6, 6.07) is 0. The van der Waals surface area contributed by atoms with Gasteiger partial charge in [-0.15, -0.1) is 0 Å². The third-order valence-corrected chi connectivity index (χ3v) is 1.40. The number of epoxide rings is 1. The van der Waals surface area contributed by atoms with Gasteiger partial charge in [0.1, 0.15) is 0 Å². The quantitative estimate of drug-likeness (QED) is 0.391. The van der Waals surface area contributed by atoms with Gasteiger partial charge in [0, 0.05) is 13.1 Å². The van der Waals surface area contributed by atoms with Crippen molar-refractivity contribution in [1.29, 1.82) is 0 Å². The highest BCUT2D eigenvalue weighted by atomic mass is 16.6. The minimum Gasteiger partial charge on any atom is -0.371 e. The van der Waals surface area contributed by atoms with E-state index in [1.54, 1.807) is 4.90 Å². The fourth-order valence-electron chi connectivity index (χ4n) is 0.682. The van der Waals surface area contributed by atoms with Gasteiger partial charge < -0.3 is 9.64 Å². The van der Waals surface area contributed by atoms with E-state index in [-0.39, 0.29) is 0 Å². The summed E-state index contributed by atoms with van der Waals surface area (Å²) in [5, 5.41) is 0. The summed E-state index contributed by atoms with van der Waals surface area (Å²) in [5.41, 5.74) is 0. The number of rotatable bonds is 4. The normalized spacial score (nSPS) is 23.4. The highest BCUT2D eigenvalue weighted by molar-refractivity contribution is 5.46. The lowest BCUT2D eigenvalue weighted by Gasteiger charge is -2.11. The van der Waals surface area contributed by atoms with Crippen molar-refractivity contribution in [3.05, 3.63) is 0 Å². The van der Waals surface area contributed by atoms with Crippen molar-refractivity contribution in [2.24, 2.45) is 0 Å². The molecule has 1 aliphatic rings. The predicted octanol–water partition coefficient (Wildman–Crippen LogP) is -0.137. The van der Waals surface area contributed by atoms with Crippen LogP contribution in [0.3, 0.4) is 0 Å². The van der Waals surface area contributed by atoms with E-state index in [1.807, 2.05) is 6.92 Å². The lowest BCUT2D eigenvalue weighted by Crippen LogP contribution is -2.25. The molecule has 0 bridgehead atoms. The van der Waals surface area contributed by atoms with Crippen molar-refractivity contribution in [1.82, 2.24) is 4.90 Å². The van der Waals surface area contributed by atoms with Gasteiger partial charge in [-0.2, -0.15) is 0 Å². The molecule has 52 valence electrons. The number of nitrogens with zero attached hydrogens (tertiary/aromatic N) is 1. The molecule has 0 aliphatic carbocycles. The van der Waals surface area contributed by atoms with Gasteiger partial charge in [-0.25, -0.2) is 0 Å². The van der Waals surface area contributed by atoms with Crippen LogP contribution in [0.4, 0.5) is 0 Å². The molecule has 1 aliphatic heterocycles. The molecule has 1 rings (SSSR count). The van der Waals surface area contributed by atoms with Crippen molar-refractivity contribution in [3.63, 3.8) is 0 Å². The van der Waals surface area contributed by atoms with Crippen molar-refractivity contribution >= 4 is 6.41 Å². The van der Waals surface area contributed by atoms with Gasteiger partial charge in [-0.1, -0.05) is 0 Å². The van der Waals surface area contributed by atoms with Crippen LogP contribution in [0.25, 0.3) is 0 Å². The zero-order valence-corrected chi connectivity index (χ0v) is 5.54. The van der Waals surface area contributed by atoms with Crippen molar-refractivity contribution in [2.45, 2.75) is 13.0 Å². The monoisotopic (exact) mass is 129 g/mol. The number of ether oxygens (including phenoxy) is 1. The number of carbonyl (C=O) groups is 1. The van der Waals surface area contributed by atoms with Crippen molar-refractivity contribution in [2.75, 3.05) is 19.7 Å². The first-order chi connectivity index (χ1) is 4.36. The Morgan fingerprint density at radius 1 is 1.89 bits per heavy atom. The maximum absolute atomic E-state index is 10.2. The number of likely N-dealkylation sites (N-methyl/N-ethyl adjacent to an activating group) is 1. The summed E-state index contributed by atoms with van der Waals surface area (Å²) in [5.74, 6) is 0. The molecule has 1 atom stereocenters. The molecule has 1 amide bonds. The van der Waals surface area contributed by atoms with E-state index in [4.69, 9.17) is 4.74 Å². The molecule has 1 unspecified atom stereocenters. The van der Waals surface area contributed by atoms with E-state index in [2.05, 4.69) is 0 Å². The standard InChI is InChI=1S/C6H11NO2/c1-2-7(5-8)3-6-4-9-6/h5-6H,2-4H2,1H3. The minimum absolute atomic E-state index is 0.329. The van der Waals surface area contributed by atoms with Crippen LogP contribution in [-0.4, -0.2) is 37.1 Å². The Kier molecular flexibility index (Phi) is 2.05. The fraction of sp³-hybridized carbons (Fsp3) is 0.833. The van der Waals surface area contributed by atoms with Crippen LogP contribution in [0.1, 0.15) is 6.92 Å². The van der Waals surface area contributed by atoms with Gasteiger partial charge in [-0.3, -0.25) is 4.79 Å². The highest BCUT2D eigenvalue weighted by Crippen LogP contribution is 2.09. The van der Waals surface area contributed by atoms with Crippen LogP contribution < -0.4 is 0 Å². The zero-order valence-electron chi connectivity index (χ0n) is 5.54. The molecule has 9 heavy (non-hydrogen) atoms. The van der Waals surface area contributed by atoms with Crippen LogP contribution in [0.2, 0.25) is 0 Å². The molecule has 0 spiro atoms. The topological polar surface area (TPSA) is 32.8 Å². The van der Waals surface area contributed by atoms with E-state index in [0.717, 1.165) is 26.1 Å². The Bertz CT molecular complexity index is 101. The summed E-state index contributed by atoms with van der Waals surface area (Å²) < 4.78 is 4.94. The molecule has 0 aromatic carbocycles. The molecule has 0 aromatic heterocycles. The Morgan fingerprint density at radius 2 is 2.56 bits per heavy atom. The van der Waals surface area contributed by atoms with E-state index in [9.17, 15) is 4.79 Å². The SMILES string of the molecule is CCN(C=O)CC1CO1. The first-order valence-electron chi connectivity index (χ1n) is 3.17. The molecule has 0 aromatic rings. The summed E-state index contributed by atoms with van der Waals surface area (Å²) in [6.45, 7) is 4.32. The Morgan fingerprint density at radius 3 is 2.89 bits per heavy atom. The summed E-state index contributed by atoms with van der Waals surface area (Å²) in [4.78, 5) is 11.9. The second-order valence-corrected chi connectivity index (χ2v) is 2.15. The third kappa shape index (κ3) is 2.01. The average Bonchev–Trinajstić information content (AvgIpc) is 2.66. The van der Waals surface area contributed by atoms with E-state index < -0.39 is 0 Å². The number of hydrogen-bond acceptors (Lipinski definition) is 2. The first-order valence-corrected chi connectivity index (χ1v) is 3.17. The fourth-order valence-corrected chi connectivity index (χ4v) is 0.682. The van der Waals surface area contributed by atoms with Crippen molar-refractivity contribution in [3.8, 4) is 0 Å². The zero-order chi connectivity index (χ0) is 6.69. The van der Waals surface area contributed by atoms with Gasteiger partial charge >= 0.3 is 0 Å². The molecule has 1 heterocycles. The van der Waals surface area contributed by atoms with E-state index >= 15 is 0 Å². The molecule has 3 nitrogen and oxygen atoms in total. The minimum atomic E-state index is 0.329. The lowest BCUT2D eigenvalue weighted by molar-refractivity contribution is -0.118. The number of amides is 1. The smallest absolute Gasteiger partial charge is 0.209 e. The van der Waals surface area contributed by atoms with Crippen LogP contribution in [0.5, 0.6) is 0 Å². The van der Waals surface area contributed by atoms with Gasteiger partial charge in [0.05, 0.1) is 12.7 Å². The Labute approximate surface area is 54.6 Å². The Balaban J connectivity index is 2.12. The van der Waals surface area contributed by atoms with E-state index in [1.165, 1.54) is 0 Å². The number of carbonyl (C=O) groups excluding carboxylic acids is 1. The van der Waals surface area contributed by atoms with Gasteiger partial charge in [0.15, 0.2) is 0 Å². The average molecular weight is 129 g/mol. The van der Waals surface area contributed by atoms with Crippen LogP contribution >= 0.6 is 0 Å². The van der Waals surface area contributed by atoms with Gasteiger partial charge in [0.2, 0.25) is 6.41 Å². The van der Waals surface area contributed by atoms with E-state index in [0.29, 0.717) is 6.10 Å². The van der Waals surface area contributed by atoms with Crippen LogP contribution in [0, 0.1) is 0 Å². The largest absolute Gasteiger partial charge is 0.371 e. The summed E-state index contributed by atoms with van der Waals surface area (Å²) >= 11 is 0. The highest BCUT2D eigenvalue weighted by Gasteiger charge is 2.23. The molecule has 3 heteroatoms. The molecule has 1 fully saturated rings. The maximum atomic E-state index is 10.2. The summed E-state index contributed by atoms with van der Waals surface area (Å²) in [7, 11) is 0. The molecule has 0 saturated carbocycles. The van der Waals surface area contributed by atoms with Crippen LogP contribution in [-0.2, 0) is 9.53 Å². The first kappa shape index (κ1) is 6.55. The third-order valence-electron chi connectivity index (χ3n) is 1.40. The van der Waals surface area contributed by atoms with Crippen molar-refractivity contribution < 1.29 is 9.53 Å². The number of hydrogen-bond donors (Lipinski definition) is 0.